The molecule has 0 heterocycles. The second kappa shape index (κ2) is 13.2. The lowest BCUT2D eigenvalue weighted by atomic mass is 9.91. The van der Waals surface area contributed by atoms with E-state index in [4.69, 9.17) is 4.74 Å². The van der Waals surface area contributed by atoms with Gasteiger partial charge in [0.15, 0.2) is 0 Å². The number of carbonyl (C=O) groups excluding carboxylic acids is 1. The van der Waals surface area contributed by atoms with E-state index in [1.807, 2.05) is 91.0 Å². The first kappa shape index (κ1) is 27.4. The fraction of sp³-hybridized carbons (Fsp3) is 0.367. The molecule has 0 fully saturated rings. The van der Waals surface area contributed by atoms with Crippen molar-refractivity contribution >= 4 is 6.09 Å². The molecule has 0 saturated carbocycles. The van der Waals surface area contributed by atoms with E-state index in [1.165, 1.54) is 0 Å². The van der Waals surface area contributed by atoms with Gasteiger partial charge < -0.3 is 25.6 Å². The number of amides is 1. The van der Waals surface area contributed by atoms with E-state index in [-0.39, 0.29) is 0 Å². The summed E-state index contributed by atoms with van der Waals surface area (Å²) >= 11 is 0. The van der Waals surface area contributed by atoms with Gasteiger partial charge in [-0.3, -0.25) is 0 Å². The van der Waals surface area contributed by atoms with Crippen LogP contribution in [0.4, 0.5) is 4.79 Å². The summed E-state index contributed by atoms with van der Waals surface area (Å²) in [4.78, 5) is 12.6. The average molecular weight is 491 g/mol. The van der Waals surface area contributed by atoms with Gasteiger partial charge in [0, 0.05) is 12.6 Å². The Kier molecular flexibility index (Phi) is 10.1. The maximum atomic E-state index is 12.6. The lowest BCUT2D eigenvalue weighted by molar-refractivity contribution is -0.0271. The number of carbonyl (C=O) groups is 1. The predicted octanol–water partition coefficient (Wildman–Crippen LogP) is 4.25. The summed E-state index contributed by atoms with van der Waals surface area (Å²) in [6, 6.07) is 28.1. The van der Waals surface area contributed by atoms with Crippen LogP contribution in [0.25, 0.3) is 0 Å². The predicted molar refractivity (Wildman–Crippen MR) is 143 cm³/mol. The van der Waals surface area contributed by atoms with Crippen LogP contribution in [0.5, 0.6) is 0 Å². The Labute approximate surface area is 214 Å². The highest BCUT2D eigenvalue weighted by atomic mass is 16.6. The van der Waals surface area contributed by atoms with Crippen LogP contribution in [0.1, 0.15) is 37.5 Å². The molecule has 192 valence electrons. The first-order chi connectivity index (χ1) is 17.2. The number of ether oxygens (including phenoxy) is 1. The normalized spacial score (nSPS) is 14.9. The fourth-order valence-corrected chi connectivity index (χ4v) is 4.09. The molecule has 4 unspecified atom stereocenters. The van der Waals surface area contributed by atoms with Crippen molar-refractivity contribution in [2.75, 3.05) is 0 Å². The fourth-order valence-electron chi connectivity index (χ4n) is 4.09. The number of hydrogen-bond donors (Lipinski definition) is 4. The van der Waals surface area contributed by atoms with E-state index in [9.17, 15) is 15.0 Å². The van der Waals surface area contributed by atoms with Gasteiger partial charge in [-0.05, 0) is 50.3 Å². The molecule has 4 atom stereocenters. The number of benzene rings is 3. The summed E-state index contributed by atoms with van der Waals surface area (Å²) in [5.41, 5.74) is 2.36. The van der Waals surface area contributed by atoms with Gasteiger partial charge in [-0.2, -0.15) is 0 Å². The number of alkyl carbamates (subject to hydrolysis) is 1. The molecule has 3 aromatic carbocycles. The van der Waals surface area contributed by atoms with Gasteiger partial charge in [0.1, 0.15) is 11.7 Å². The molecule has 4 N–H and O–H groups in total. The van der Waals surface area contributed by atoms with Crippen molar-refractivity contribution in [1.29, 1.82) is 0 Å². The minimum absolute atomic E-state index is 0.342. The first-order valence-corrected chi connectivity index (χ1v) is 12.4. The van der Waals surface area contributed by atoms with Crippen molar-refractivity contribution in [3.05, 3.63) is 108 Å². The Morgan fingerprint density at radius 3 is 1.61 bits per heavy atom. The van der Waals surface area contributed by atoms with Gasteiger partial charge >= 0.3 is 6.09 Å². The summed E-state index contributed by atoms with van der Waals surface area (Å²) in [7, 11) is 0. The third-order valence-electron chi connectivity index (χ3n) is 5.88. The molecule has 0 spiro atoms. The van der Waals surface area contributed by atoms with E-state index < -0.39 is 36.0 Å². The molecule has 0 radical (unpaired) electrons. The van der Waals surface area contributed by atoms with Crippen molar-refractivity contribution in [3.63, 3.8) is 0 Å². The van der Waals surface area contributed by atoms with Crippen LogP contribution in [0.15, 0.2) is 91.0 Å². The molecule has 6 nitrogen and oxygen atoms in total. The molecular formula is C30H38N2O4. The number of aliphatic hydroxyl groups excluding tert-OH is 2. The number of rotatable bonds is 11. The van der Waals surface area contributed by atoms with E-state index in [0.717, 1.165) is 16.7 Å². The SMILES string of the molecule is CC(C)(C)OC(=O)NC(Cc1ccccc1)C(O)C(O)C(Cc1ccccc1)NCc1ccccc1. The van der Waals surface area contributed by atoms with Crippen LogP contribution in [-0.4, -0.2) is 46.2 Å². The molecule has 0 aliphatic carbocycles. The van der Waals surface area contributed by atoms with E-state index >= 15 is 0 Å². The Bertz CT molecular complexity index is 1040. The molecule has 36 heavy (non-hydrogen) atoms. The molecule has 6 heteroatoms. The van der Waals surface area contributed by atoms with Crippen LogP contribution >= 0.6 is 0 Å². The lowest BCUT2D eigenvalue weighted by Crippen LogP contribution is -2.56. The number of hydrogen-bond acceptors (Lipinski definition) is 5. The second-order valence-corrected chi connectivity index (χ2v) is 10.1. The molecule has 0 aromatic heterocycles. The van der Waals surface area contributed by atoms with Gasteiger partial charge in [0.05, 0.1) is 12.1 Å². The Balaban J connectivity index is 1.80. The molecule has 0 aliphatic heterocycles. The largest absolute Gasteiger partial charge is 0.444 e. The maximum Gasteiger partial charge on any atom is 0.407 e. The summed E-state index contributed by atoms with van der Waals surface area (Å²) in [5.74, 6) is 0. The summed E-state index contributed by atoms with van der Waals surface area (Å²) in [6.07, 6.45) is -2.18. The zero-order chi connectivity index (χ0) is 26.0. The standard InChI is InChI=1S/C30H38N2O4/c1-30(2,3)36-29(35)32-26(20-23-15-9-5-10-16-23)28(34)27(33)25(19-22-13-7-4-8-14-22)31-21-24-17-11-6-12-18-24/h4-18,25-28,31,33-34H,19-21H2,1-3H3,(H,32,35). The minimum Gasteiger partial charge on any atom is -0.444 e. The van der Waals surface area contributed by atoms with Gasteiger partial charge in [-0.1, -0.05) is 91.0 Å². The highest BCUT2D eigenvalue weighted by Gasteiger charge is 2.34. The van der Waals surface area contributed by atoms with Crippen LogP contribution in [0.3, 0.4) is 0 Å². The van der Waals surface area contributed by atoms with Crippen LogP contribution in [0, 0.1) is 0 Å². The van der Waals surface area contributed by atoms with E-state index in [0.29, 0.717) is 19.4 Å². The van der Waals surface area contributed by atoms with Crippen molar-refractivity contribution < 1.29 is 19.7 Å². The Morgan fingerprint density at radius 2 is 1.14 bits per heavy atom. The van der Waals surface area contributed by atoms with Crippen LogP contribution < -0.4 is 10.6 Å². The third-order valence-corrected chi connectivity index (χ3v) is 5.88. The van der Waals surface area contributed by atoms with Gasteiger partial charge in [0.2, 0.25) is 0 Å². The van der Waals surface area contributed by atoms with Crippen molar-refractivity contribution in [1.82, 2.24) is 10.6 Å². The molecule has 1 amide bonds. The lowest BCUT2D eigenvalue weighted by Gasteiger charge is -2.33. The molecule has 0 bridgehead atoms. The van der Waals surface area contributed by atoms with E-state index in [2.05, 4.69) is 10.6 Å². The number of nitrogens with one attached hydrogen (secondary N) is 2. The van der Waals surface area contributed by atoms with Gasteiger partial charge in [0.25, 0.3) is 0 Å². The Morgan fingerprint density at radius 1 is 0.722 bits per heavy atom. The quantitative estimate of drug-likeness (QED) is 0.323. The number of aliphatic hydroxyl groups is 2. The zero-order valence-electron chi connectivity index (χ0n) is 21.3. The zero-order valence-corrected chi connectivity index (χ0v) is 21.3. The maximum absolute atomic E-state index is 12.6. The molecular weight excluding hydrogens is 452 g/mol. The van der Waals surface area contributed by atoms with Crippen molar-refractivity contribution in [3.8, 4) is 0 Å². The molecule has 0 saturated heterocycles. The van der Waals surface area contributed by atoms with E-state index in [1.54, 1.807) is 20.8 Å². The van der Waals surface area contributed by atoms with Crippen LogP contribution in [0.2, 0.25) is 0 Å². The highest BCUT2D eigenvalue weighted by molar-refractivity contribution is 5.68. The minimum atomic E-state index is -1.24. The topological polar surface area (TPSA) is 90.8 Å². The average Bonchev–Trinajstić information content (AvgIpc) is 2.86. The van der Waals surface area contributed by atoms with Crippen LogP contribution in [-0.2, 0) is 24.1 Å². The Hall–Kier alpha value is -3.19. The molecule has 3 rings (SSSR count). The molecule has 3 aromatic rings. The first-order valence-electron chi connectivity index (χ1n) is 12.4. The summed E-state index contributed by atoms with van der Waals surface area (Å²) in [6.45, 7) is 5.89. The van der Waals surface area contributed by atoms with Gasteiger partial charge in [-0.15, -0.1) is 0 Å². The smallest absolute Gasteiger partial charge is 0.407 e. The molecule has 0 aliphatic rings. The third kappa shape index (κ3) is 9.11. The monoisotopic (exact) mass is 490 g/mol. The van der Waals surface area contributed by atoms with Crippen molar-refractivity contribution in [2.24, 2.45) is 0 Å². The van der Waals surface area contributed by atoms with Crippen molar-refractivity contribution in [2.45, 2.75) is 70.1 Å². The summed E-state index contributed by atoms with van der Waals surface area (Å²) in [5, 5.41) is 29.0. The summed E-state index contributed by atoms with van der Waals surface area (Å²) < 4.78 is 5.44. The highest BCUT2D eigenvalue weighted by Crippen LogP contribution is 2.16. The van der Waals surface area contributed by atoms with Gasteiger partial charge in [-0.25, -0.2) is 4.79 Å². The second-order valence-electron chi connectivity index (χ2n) is 10.1.